The van der Waals surface area contributed by atoms with Crippen molar-refractivity contribution < 1.29 is 18.7 Å². The van der Waals surface area contributed by atoms with E-state index in [4.69, 9.17) is 4.74 Å². The van der Waals surface area contributed by atoms with E-state index in [1.54, 1.807) is 24.3 Å². The quantitative estimate of drug-likeness (QED) is 0.751. The standard InChI is InChI=1S/C21H23FN2O3/c1-27-18(16-5-3-2-4-6-16)20(26)24-21(11-12-21)14-23-19(25)17-9-7-15(13-22)8-10-17/h2-10,18H,11-14H2,1H3,(H,23,25)(H,24,26)/t18-/m1/s1. The third kappa shape index (κ3) is 4.71. The van der Waals surface area contributed by atoms with Gasteiger partial charge in [0.05, 0.1) is 5.54 Å². The van der Waals surface area contributed by atoms with Gasteiger partial charge in [0.1, 0.15) is 6.67 Å². The predicted octanol–water partition coefficient (Wildman–Crippen LogP) is 2.92. The highest BCUT2D eigenvalue weighted by atomic mass is 19.1. The smallest absolute Gasteiger partial charge is 0.254 e. The minimum Gasteiger partial charge on any atom is -0.367 e. The molecule has 0 unspecified atom stereocenters. The average Bonchev–Trinajstić information content (AvgIpc) is 3.47. The Morgan fingerprint density at radius 1 is 1.11 bits per heavy atom. The second kappa shape index (κ2) is 8.31. The first kappa shape index (κ1) is 19.0. The summed E-state index contributed by atoms with van der Waals surface area (Å²) in [6.45, 7) is -0.215. The molecule has 0 bridgehead atoms. The molecule has 0 aromatic heterocycles. The van der Waals surface area contributed by atoms with Crippen LogP contribution in [0.15, 0.2) is 54.6 Å². The van der Waals surface area contributed by atoms with Gasteiger partial charge in [-0.2, -0.15) is 0 Å². The molecule has 0 heterocycles. The lowest BCUT2D eigenvalue weighted by atomic mass is 10.1. The molecule has 2 amide bonds. The van der Waals surface area contributed by atoms with Crippen LogP contribution in [0.2, 0.25) is 0 Å². The molecule has 1 aliphatic rings. The molecule has 1 fully saturated rings. The zero-order valence-corrected chi connectivity index (χ0v) is 15.2. The SMILES string of the molecule is CO[C@@H](C(=O)NC1(CNC(=O)c2ccc(CF)cc2)CC1)c1ccccc1. The van der Waals surface area contributed by atoms with Crippen LogP contribution in [0.5, 0.6) is 0 Å². The molecule has 1 atom stereocenters. The maximum Gasteiger partial charge on any atom is 0.254 e. The van der Waals surface area contributed by atoms with Gasteiger partial charge in [0.15, 0.2) is 6.10 Å². The number of carbonyl (C=O) groups excluding carboxylic acids is 2. The van der Waals surface area contributed by atoms with Gasteiger partial charge in [0, 0.05) is 19.2 Å². The van der Waals surface area contributed by atoms with Gasteiger partial charge in [-0.3, -0.25) is 9.59 Å². The minimum absolute atomic E-state index is 0.220. The number of rotatable bonds is 8. The van der Waals surface area contributed by atoms with Crippen LogP contribution in [0.4, 0.5) is 4.39 Å². The largest absolute Gasteiger partial charge is 0.367 e. The van der Waals surface area contributed by atoms with E-state index in [-0.39, 0.29) is 11.8 Å². The second-order valence-corrected chi connectivity index (χ2v) is 6.81. The third-order valence-electron chi connectivity index (χ3n) is 4.78. The Bertz CT molecular complexity index is 789. The first-order valence-corrected chi connectivity index (χ1v) is 8.90. The highest BCUT2D eigenvalue weighted by Gasteiger charge is 2.45. The number of alkyl halides is 1. The molecule has 0 aliphatic heterocycles. The summed E-state index contributed by atoms with van der Waals surface area (Å²) in [6, 6.07) is 15.7. The minimum atomic E-state index is -0.687. The van der Waals surface area contributed by atoms with Crippen LogP contribution in [-0.2, 0) is 16.2 Å². The number of nitrogens with one attached hydrogen (secondary N) is 2. The fourth-order valence-corrected chi connectivity index (χ4v) is 2.94. The highest BCUT2D eigenvalue weighted by molar-refractivity contribution is 5.94. The van der Waals surface area contributed by atoms with Crippen LogP contribution >= 0.6 is 0 Å². The fraction of sp³-hybridized carbons (Fsp3) is 0.333. The maximum absolute atomic E-state index is 12.6. The van der Waals surface area contributed by atoms with Gasteiger partial charge in [-0.1, -0.05) is 42.5 Å². The van der Waals surface area contributed by atoms with E-state index in [0.29, 0.717) is 17.7 Å². The van der Waals surface area contributed by atoms with E-state index < -0.39 is 18.3 Å². The molecule has 0 saturated heterocycles. The zero-order chi connectivity index (χ0) is 19.3. The van der Waals surface area contributed by atoms with Gasteiger partial charge in [0.2, 0.25) is 0 Å². The Morgan fingerprint density at radius 2 is 1.78 bits per heavy atom. The van der Waals surface area contributed by atoms with Gasteiger partial charge in [-0.15, -0.1) is 0 Å². The van der Waals surface area contributed by atoms with Crippen molar-refractivity contribution in [3.8, 4) is 0 Å². The first-order chi connectivity index (χ1) is 13.1. The van der Waals surface area contributed by atoms with Gasteiger partial charge >= 0.3 is 0 Å². The molecule has 27 heavy (non-hydrogen) atoms. The summed E-state index contributed by atoms with van der Waals surface area (Å²) >= 11 is 0. The molecule has 2 aromatic carbocycles. The lowest BCUT2D eigenvalue weighted by Crippen LogP contribution is -2.47. The van der Waals surface area contributed by atoms with Crippen molar-refractivity contribution in [3.63, 3.8) is 0 Å². The molecule has 0 spiro atoms. The van der Waals surface area contributed by atoms with Crippen molar-refractivity contribution >= 4 is 11.8 Å². The Kier molecular flexibility index (Phi) is 5.86. The summed E-state index contributed by atoms with van der Waals surface area (Å²) in [4.78, 5) is 24.9. The van der Waals surface area contributed by atoms with E-state index in [1.165, 1.54) is 7.11 Å². The van der Waals surface area contributed by atoms with Gasteiger partial charge in [-0.05, 0) is 36.1 Å². The summed E-state index contributed by atoms with van der Waals surface area (Å²) < 4.78 is 17.9. The second-order valence-electron chi connectivity index (χ2n) is 6.81. The summed E-state index contributed by atoms with van der Waals surface area (Å²) in [7, 11) is 1.50. The Morgan fingerprint density at radius 3 is 2.33 bits per heavy atom. The molecular formula is C21H23FN2O3. The Labute approximate surface area is 157 Å². The molecule has 142 valence electrons. The number of halogens is 1. The number of methoxy groups -OCH3 is 1. The number of hydrogen-bond acceptors (Lipinski definition) is 3. The van der Waals surface area contributed by atoms with Crippen LogP contribution < -0.4 is 10.6 Å². The van der Waals surface area contributed by atoms with Crippen LogP contribution in [0.1, 0.15) is 40.4 Å². The molecule has 2 N–H and O–H groups in total. The van der Waals surface area contributed by atoms with Crippen molar-refractivity contribution in [2.24, 2.45) is 0 Å². The molecular weight excluding hydrogens is 347 g/mol. The van der Waals surface area contributed by atoms with Crippen molar-refractivity contribution in [2.75, 3.05) is 13.7 Å². The number of amides is 2. The summed E-state index contributed by atoms with van der Waals surface area (Å²) in [5, 5.41) is 5.87. The molecule has 6 heteroatoms. The van der Waals surface area contributed by atoms with Crippen molar-refractivity contribution in [1.29, 1.82) is 0 Å². The van der Waals surface area contributed by atoms with E-state index in [1.807, 2.05) is 30.3 Å². The van der Waals surface area contributed by atoms with Crippen molar-refractivity contribution in [2.45, 2.75) is 31.2 Å². The number of ether oxygens (including phenoxy) is 1. The molecule has 1 aliphatic carbocycles. The lowest BCUT2D eigenvalue weighted by Gasteiger charge is -2.22. The number of carbonyl (C=O) groups is 2. The van der Waals surface area contributed by atoms with E-state index in [9.17, 15) is 14.0 Å². The maximum atomic E-state index is 12.6. The van der Waals surface area contributed by atoms with Crippen LogP contribution in [0.3, 0.4) is 0 Å². The van der Waals surface area contributed by atoms with E-state index >= 15 is 0 Å². The third-order valence-corrected chi connectivity index (χ3v) is 4.78. The number of hydrogen-bond donors (Lipinski definition) is 2. The molecule has 3 rings (SSSR count). The van der Waals surface area contributed by atoms with Gasteiger partial charge in [0.25, 0.3) is 11.8 Å². The molecule has 1 saturated carbocycles. The highest BCUT2D eigenvalue weighted by Crippen LogP contribution is 2.35. The Balaban J connectivity index is 1.57. The molecule has 0 radical (unpaired) electrons. The lowest BCUT2D eigenvalue weighted by molar-refractivity contribution is -0.132. The van der Waals surface area contributed by atoms with Gasteiger partial charge < -0.3 is 15.4 Å². The predicted molar refractivity (Wildman–Crippen MR) is 99.9 cm³/mol. The van der Waals surface area contributed by atoms with Crippen LogP contribution in [0, 0.1) is 0 Å². The van der Waals surface area contributed by atoms with Gasteiger partial charge in [-0.25, -0.2) is 4.39 Å². The monoisotopic (exact) mass is 370 g/mol. The van der Waals surface area contributed by atoms with Crippen molar-refractivity contribution in [1.82, 2.24) is 10.6 Å². The summed E-state index contributed by atoms with van der Waals surface area (Å²) in [5.74, 6) is -0.463. The number of benzene rings is 2. The van der Waals surface area contributed by atoms with E-state index in [2.05, 4.69) is 10.6 Å². The van der Waals surface area contributed by atoms with E-state index in [0.717, 1.165) is 18.4 Å². The summed E-state index contributed by atoms with van der Waals surface area (Å²) in [5.41, 5.74) is 1.35. The van der Waals surface area contributed by atoms with Crippen LogP contribution in [-0.4, -0.2) is 31.0 Å². The normalized spacial score (nSPS) is 15.6. The first-order valence-electron chi connectivity index (χ1n) is 8.90. The topological polar surface area (TPSA) is 67.4 Å². The average molecular weight is 370 g/mol. The zero-order valence-electron chi connectivity index (χ0n) is 15.2. The van der Waals surface area contributed by atoms with Crippen LogP contribution in [0.25, 0.3) is 0 Å². The van der Waals surface area contributed by atoms with Crippen molar-refractivity contribution in [3.05, 3.63) is 71.3 Å². The Hall–Kier alpha value is -2.73. The fourth-order valence-electron chi connectivity index (χ4n) is 2.94. The summed E-state index contributed by atoms with van der Waals surface area (Å²) in [6.07, 6.45) is 0.906. The molecule has 5 nitrogen and oxygen atoms in total. The molecule has 2 aromatic rings.